The van der Waals surface area contributed by atoms with Crippen molar-refractivity contribution in [1.82, 2.24) is 15.0 Å². The van der Waals surface area contributed by atoms with Crippen LogP contribution < -0.4 is 0 Å². The number of fused-ring (bicyclic) bond motifs is 1. The number of rotatable bonds is 2. The zero-order valence-electron chi connectivity index (χ0n) is 10.3. The maximum atomic E-state index is 9.92. The Morgan fingerprint density at radius 2 is 2.00 bits per heavy atom. The number of halogens is 1. The molecule has 2 aromatic carbocycles. The third-order valence-corrected chi connectivity index (χ3v) is 3.51. The van der Waals surface area contributed by atoms with Gasteiger partial charge >= 0.3 is 0 Å². The summed E-state index contributed by atoms with van der Waals surface area (Å²) in [5, 5.41) is 18.2. The summed E-state index contributed by atoms with van der Waals surface area (Å²) in [6.07, 6.45) is -0.574. The Labute approximate surface area is 118 Å². The molecule has 0 saturated carbocycles. The maximum Gasteiger partial charge on any atom is 0.113 e. The molecule has 0 aliphatic heterocycles. The van der Waals surface area contributed by atoms with E-state index in [4.69, 9.17) is 0 Å². The fourth-order valence-corrected chi connectivity index (χ4v) is 2.48. The Balaban J connectivity index is 2.27. The van der Waals surface area contributed by atoms with Gasteiger partial charge in [0, 0.05) is 10.0 Å². The quantitative estimate of drug-likeness (QED) is 0.789. The minimum absolute atomic E-state index is 0.574. The van der Waals surface area contributed by atoms with E-state index in [0.717, 1.165) is 26.8 Å². The second-order valence-electron chi connectivity index (χ2n) is 4.37. The number of aliphatic hydroxyl groups excluding tert-OH is 1. The van der Waals surface area contributed by atoms with Crippen LogP contribution in [0.1, 0.15) is 18.6 Å². The smallest absolute Gasteiger partial charge is 0.113 e. The average Bonchev–Trinajstić information content (AvgIpc) is 2.82. The number of nitrogens with zero attached hydrogens (tertiary/aromatic N) is 3. The monoisotopic (exact) mass is 317 g/mol. The minimum atomic E-state index is -0.574. The Morgan fingerprint density at radius 1 is 1.21 bits per heavy atom. The maximum absolute atomic E-state index is 9.92. The van der Waals surface area contributed by atoms with Gasteiger partial charge in [-0.2, -0.15) is 0 Å². The summed E-state index contributed by atoms with van der Waals surface area (Å²) in [4.78, 5) is 0. The average molecular weight is 318 g/mol. The molecule has 0 bridgehead atoms. The zero-order valence-corrected chi connectivity index (χ0v) is 11.9. The summed E-state index contributed by atoms with van der Waals surface area (Å²) in [7, 11) is 0. The molecule has 1 unspecified atom stereocenters. The summed E-state index contributed by atoms with van der Waals surface area (Å²) < 4.78 is 2.68. The summed E-state index contributed by atoms with van der Waals surface area (Å²) >= 11 is 3.42. The highest BCUT2D eigenvalue weighted by Gasteiger charge is 2.13. The lowest BCUT2D eigenvalue weighted by molar-refractivity contribution is 0.199. The van der Waals surface area contributed by atoms with Crippen LogP contribution in [0.2, 0.25) is 0 Å². The molecule has 1 atom stereocenters. The van der Waals surface area contributed by atoms with Gasteiger partial charge in [0.2, 0.25) is 0 Å². The number of benzene rings is 2. The molecule has 0 fully saturated rings. The predicted octanol–water partition coefficient (Wildman–Crippen LogP) is 3.24. The fraction of sp³-hybridized carbons (Fsp3) is 0.143. The molecule has 3 rings (SSSR count). The van der Waals surface area contributed by atoms with Gasteiger partial charge in [0.25, 0.3) is 0 Å². The number of aliphatic hydroxyl groups is 1. The second kappa shape index (κ2) is 4.75. The van der Waals surface area contributed by atoms with Gasteiger partial charge in [-0.15, -0.1) is 5.10 Å². The van der Waals surface area contributed by atoms with Gasteiger partial charge in [0.1, 0.15) is 5.52 Å². The Hall–Kier alpha value is -1.72. The van der Waals surface area contributed by atoms with Gasteiger partial charge in [0.05, 0.1) is 17.3 Å². The van der Waals surface area contributed by atoms with Crippen LogP contribution in [0.4, 0.5) is 0 Å². The Kier molecular flexibility index (Phi) is 3.08. The molecule has 0 aliphatic rings. The van der Waals surface area contributed by atoms with E-state index in [9.17, 15) is 5.11 Å². The number of hydrogen-bond acceptors (Lipinski definition) is 3. The molecule has 0 amide bonds. The topological polar surface area (TPSA) is 50.9 Å². The number of para-hydroxylation sites is 1. The highest BCUT2D eigenvalue weighted by atomic mass is 79.9. The molecular formula is C14H12BrN3O. The van der Waals surface area contributed by atoms with Crippen molar-refractivity contribution in [1.29, 1.82) is 0 Å². The predicted molar refractivity (Wildman–Crippen MR) is 77.2 cm³/mol. The number of aromatic nitrogens is 3. The van der Waals surface area contributed by atoms with Gasteiger partial charge < -0.3 is 5.11 Å². The van der Waals surface area contributed by atoms with Crippen LogP contribution in [-0.2, 0) is 0 Å². The SMILES string of the molecule is CC(O)c1cc(Br)ccc1-n1nnc2ccccc21. The third kappa shape index (κ3) is 2.15. The van der Waals surface area contributed by atoms with Gasteiger partial charge in [-0.1, -0.05) is 33.3 Å². The van der Waals surface area contributed by atoms with Gasteiger partial charge in [0.15, 0.2) is 0 Å². The van der Waals surface area contributed by atoms with Gasteiger partial charge in [-0.3, -0.25) is 0 Å². The van der Waals surface area contributed by atoms with Crippen molar-refractivity contribution >= 4 is 27.0 Å². The molecule has 19 heavy (non-hydrogen) atoms. The van der Waals surface area contributed by atoms with Crippen LogP contribution in [0.15, 0.2) is 46.9 Å². The lowest BCUT2D eigenvalue weighted by atomic mass is 10.1. The Morgan fingerprint density at radius 3 is 2.79 bits per heavy atom. The van der Waals surface area contributed by atoms with Crippen LogP contribution in [-0.4, -0.2) is 20.1 Å². The van der Waals surface area contributed by atoms with Crippen LogP contribution >= 0.6 is 15.9 Å². The van der Waals surface area contributed by atoms with Crippen molar-refractivity contribution in [2.45, 2.75) is 13.0 Å². The molecule has 0 radical (unpaired) electrons. The normalized spacial score (nSPS) is 12.8. The standard InChI is InChI=1S/C14H12BrN3O/c1-9(19)11-8-10(15)6-7-13(11)18-14-5-3-2-4-12(14)16-17-18/h2-9,19H,1H3. The van der Waals surface area contributed by atoms with Gasteiger partial charge in [-0.25, -0.2) is 4.68 Å². The largest absolute Gasteiger partial charge is 0.389 e. The summed E-state index contributed by atoms with van der Waals surface area (Å²) in [5.74, 6) is 0. The van der Waals surface area contributed by atoms with Crippen molar-refractivity contribution < 1.29 is 5.11 Å². The van der Waals surface area contributed by atoms with Crippen LogP contribution in [0.5, 0.6) is 0 Å². The molecule has 0 aliphatic carbocycles. The van der Waals surface area contributed by atoms with Crippen molar-refractivity contribution in [2.75, 3.05) is 0 Å². The van der Waals surface area contributed by atoms with E-state index in [1.54, 1.807) is 11.6 Å². The Bertz CT molecular complexity index is 736. The highest BCUT2D eigenvalue weighted by Crippen LogP contribution is 2.27. The molecule has 96 valence electrons. The fourth-order valence-electron chi connectivity index (χ4n) is 2.10. The van der Waals surface area contributed by atoms with Crippen LogP contribution in [0.25, 0.3) is 16.7 Å². The summed E-state index contributed by atoms with van der Waals surface area (Å²) in [6.45, 7) is 1.74. The van der Waals surface area contributed by atoms with Crippen molar-refractivity contribution in [3.8, 4) is 5.69 Å². The molecule has 1 N–H and O–H groups in total. The summed E-state index contributed by atoms with van der Waals surface area (Å²) in [6, 6.07) is 13.5. The molecule has 3 aromatic rings. The van der Waals surface area contributed by atoms with E-state index in [1.165, 1.54) is 0 Å². The zero-order chi connectivity index (χ0) is 13.4. The van der Waals surface area contributed by atoms with Crippen molar-refractivity contribution in [2.24, 2.45) is 0 Å². The van der Waals surface area contributed by atoms with Crippen molar-refractivity contribution in [3.63, 3.8) is 0 Å². The van der Waals surface area contributed by atoms with E-state index in [-0.39, 0.29) is 0 Å². The first-order valence-electron chi connectivity index (χ1n) is 5.95. The minimum Gasteiger partial charge on any atom is -0.389 e. The van der Waals surface area contributed by atoms with Crippen LogP contribution in [0, 0.1) is 0 Å². The lowest BCUT2D eigenvalue weighted by Crippen LogP contribution is -2.04. The molecular weight excluding hydrogens is 306 g/mol. The van der Waals surface area contributed by atoms with E-state index >= 15 is 0 Å². The van der Waals surface area contributed by atoms with Gasteiger partial charge in [-0.05, 0) is 37.3 Å². The molecule has 4 nitrogen and oxygen atoms in total. The first kappa shape index (κ1) is 12.3. The third-order valence-electron chi connectivity index (χ3n) is 3.02. The van der Waals surface area contributed by atoms with E-state index < -0.39 is 6.10 Å². The lowest BCUT2D eigenvalue weighted by Gasteiger charge is -2.12. The molecule has 1 heterocycles. The van der Waals surface area contributed by atoms with Crippen LogP contribution in [0.3, 0.4) is 0 Å². The summed E-state index contributed by atoms with van der Waals surface area (Å²) in [5.41, 5.74) is 3.41. The molecule has 0 saturated heterocycles. The van der Waals surface area contributed by atoms with E-state index in [0.29, 0.717) is 0 Å². The molecule has 0 spiro atoms. The molecule has 1 aromatic heterocycles. The molecule has 5 heteroatoms. The first-order valence-corrected chi connectivity index (χ1v) is 6.74. The van der Waals surface area contributed by atoms with E-state index in [1.807, 2.05) is 42.5 Å². The highest BCUT2D eigenvalue weighted by molar-refractivity contribution is 9.10. The first-order chi connectivity index (χ1) is 9.16. The second-order valence-corrected chi connectivity index (χ2v) is 5.28. The van der Waals surface area contributed by atoms with Crippen molar-refractivity contribution in [3.05, 3.63) is 52.5 Å². The number of hydrogen-bond donors (Lipinski definition) is 1. The van der Waals surface area contributed by atoms with E-state index in [2.05, 4.69) is 26.2 Å².